The molecule has 3 unspecified atom stereocenters. The number of hydrogen-bond donors (Lipinski definition) is 0. The maximum atomic E-state index is 13.3. The van der Waals surface area contributed by atoms with Crippen LogP contribution in [-0.2, 0) is 30.3 Å². The van der Waals surface area contributed by atoms with Crippen molar-refractivity contribution >= 4 is 25.2 Å². The summed E-state index contributed by atoms with van der Waals surface area (Å²) in [4.78, 5) is 3.78. The second-order valence-electron chi connectivity index (χ2n) is 7.73. The largest absolute Gasteiger partial charge is 0.416 e. The van der Waals surface area contributed by atoms with E-state index in [1.165, 1.54) is 25.4 Å². The number of halogens is 3. The van der Waals surface area contributed by atoms with E-state index in [0.717, 1.165) is 12.1 Å². The van der Waals surface area contributed by atoms with E-state index in [4.69, 9.17) is 4.74 Å². The third-order valence-corrected chi connectivity index (χ3v) is 8.93. The van der Waals surface area contributed by atoms with Gasteiger partial charge in [0.25, 0.3) is 0 Å². The highest BCUT2D eigenvalue weighted by molar-refractivity contribution is 7.99. The van der Waals surface area contributed by atoms with Crippen molar-refractivity contribution in [2.75, 3.05) is 12.9 Å². The lowest BCUT2D eigenvalue weighted by molar-refractivity contribution is -0.137. The number of alkyl halides is 3. The number of benzene rings is 1. The Balaban J connectivity index is 1.92. The number of rotatable bonds is 4. The second-order valence-corrected chi connectivity index (χ2v) is 12.6. The highest BCUT2D eigenvalue weighted by atomic mass is 32.2. The van der Waals surface area contributed by atoms with E-state index in [2.05, 4.69) is 10.9 Å². The molecule has 1 aliphatic heterocycles. The van der Waals surface area contributed by atoms with Crippen LogP contribution in [0.2, 0.25) is 0 Å². The first-order valence-electron chi connectivity index (χ1n) is 9.06. The molecule has 2 aromatic rings. The molecule has 0 amide bonds. The zero-order valence-electron chi connectivity index (χ0n) is 16.5. The van der Waals surface area contributed by atoms with Gasteiger partial charge < -0.3 is 4.74 Å². The summed E-state index contributed by atoms with van der Waals surface area (Å²) in [7, 11) is -6.56. The minimum Gasteiger partial charge on any atom is -0.373 e. The molecule has 5 nitrogen and oxygen atoms in total. The van der Waals surface area contributed by atoms with Crippen LogP contribution in [0.25, 0.3) is 0 Å². The molecule has 0 bridgehead atoms. The number of nitrogens with zero attached hydrogens (tertiary/aromatic N) is 1. The van der Waals surface area contributed by atoms with E-state index < -0.39 is 41.9 Å². The molecule has 0 aliphatic carbocycles. The van der Waals surface area contributed by atoms with Gasteiger partial charge in [-0.1, -0.05) is 12.1 Å². The molecule has 1 saturated heterocycles. The van der Waals surface area contributed by atoms with Crippen molar-refractivity contribution in [1.29, 1.82) is 0 Å². The SMILES string of the molecule is C=S(C)(=O)c1ccc(C2CC(C)(S(=O)(=O)c3cccc(C(F)(F)F)c3)CCO2)cn1. The first kappa shape index (κ1) is 22.8. The molecule has 30 heavy (non-hydrogen) atoms. The topological polar surface area (TPSA) is 73.3 Å². The molecule has 1 fully saturated rings. The van der Waals surface area contributed by atoms with E-state index in [9.17, 15) is 25.8 Å². The summed E-state index contributed by atoms with van der Waals surface area (Å²) in [5.41, 5.74) is -0.403. The lowest BCUT2D eigenvalue weighted by atomic mass is 9.93. The van der Waals surface area contributed by atoms with Gasteiger partial charge in [-0.25, -0.2) is 13.4 Å². The zero-order chi connectivity index (χ0) is 22.4. The molecular formula is C20H22F3NO4S2. The van der Waals surface area contributed by atoms with Gasteiger partial charge in [-0.15, -0.1) is 0 Å². The standard InChI is InChI=1S/C20H22F3NO4S2/c1-19(30(26,27)16-6-4-5-15(11-16)20(21,22)23)9-10-28-17(12-19)14-7-8-18(24-13-14)29(2,3)25/h4-8,11,13,17H,2,9-10,12H2,1,3H3. The van der Waals surface area contributed by atoms with Gasteiger partial charge in [-0.05, 0) is 55.5 Å². The Morgan fingerprint density at radius 1 is 1.20 bits per heavy atom. The molecule has 10 heteroatoms. The predicted octanol–water partition coefficient (Wildman–Crippen LogP) is 3.89. The van der Waals surface area contributed by atoms with Crippen LogP contribution in [0.15, 0.2) is 52.5 Å². The molecule has 1 aromatic carbocycles. The fraction of sp³-hybridized carbons (Fsp3) is 0.400. The predicted molar refractivity (Wildman–Crippen MR) is 109 cm³/mol. The maximum Gasteiger partial charge on any atom is 0.416 e. The van der Waals surface area contributed by atoms with Crippen LogP contribution in [0.4, 0.5) is 13.2 Å². The highest BCUT2D eigenvalue weighted by Gasteiger charge is 2.45. The Bertz CT molecular complexity index is 1140. The molecule has 0 N–H and O–H groups in total. The van der Waals surface area contributed by atoms with Crippen molar-refractivity contribution in [3.8, 4) is 0 Å². The minimum absolute atomic E-state index is 0.0540. The Labute approximate surface area is 174 Å². The average molecular weight is 462 g/mol. The Morgan fingerprint density at radius 3 is 2.47 bits per heavy atom. The maximum absolute atomic E-state index is 13.3. The van der Waals surface area contributed by atoms with E-state index in [0.29, 0.717) is 16.7 Å². The molecule has 3 atom stereocenters. The van der Waals surface area contributed by atoms with Crippen LogP contribution in [-0.4, -0.2) is 41.1 Å². The molecule has 0 saturated carbocycles. The summed E-state index contributed by atoms with van der Waals surface area (Å²) in [6, 6.07) is 7.01. The zero-order valence-corrected chi connectivity index (χ0v) is 18.1. The summed E-state index contributed by atoms with van der Waals surface area (Å²) in [6.07, 6.45) is -2.11. The summed E-state index contributed by atoms with van der Waals surface area (Å²) >= 11 is 0. The van der Waals surface area contributed by atoms with Crippen molar-refractivity contribution < 1.29 is 30.5 Å². The van der Waals surface area contributed by atoms with Crippen molar-refractivity contribution in [3.63, 3.8) is 0 Å². The third-order valence-electron chi connectivity index (χ3n) is 5.26. The van der Waals surface area contributed by atoms with Gasteiger partial charge >= 0.3 is 6.18 Å². The lowest BCUT2D eigenvalue weighted by Crippen LogP contribution is -2.42. The van der Waals surface area contributed by atoms with Gasteiger partial charge in [0.05, 0.1) is 21.3 Å². The Morgan fingerprint density at radius 2 is 1.90 bits per heavy atom. The minimum atomic E-state index is -4.63. The smallest absolute Gasteiger partial charge is 0.373 e. The molecule has 2 heterocycles. The van der Waals surface area contributed by atoms with Gasteiger partial charge in [0.2, 0.25) is 0 Å². The lowest BCUT2D eigenvalue weighted by Gasteiger charge is -2.37. The van der Waals surface area contributed by atoms with Crippen LogP contribution in [0, 0.1) is 0 Å². The number of sulfone groups is 1. The number of aromatic nitrogens is 1. The fourth-order valence-electron chi connectivity index (χ4n) is 3.39. The quantitative estimate of drug-likeness (QED) is 0.646. The average Bonchev–Trinajstić information content (AvgIpc) is 2.67. The molecule has 0 spiro atoms. The summed E-state index contributed by atoms with van der Waals surface area (Å²) in [5.74, 6) is 3.57. The van der Waals surface area contributed by atoms with Crippen LogP contribution in [0.1, 0.15) is 37.0 Å². The summed E-state index contributed by atoms with van der Waals surface area (Å²) in [6.45, 7) is 1.65. The van der Waals surface area contributed by atoms with Crippen molar-refractivity contribution in [2.45, 2.75) is 46.7 Å². The van der Waals surface area contributed by atoms with Crippen LogP contribution in [0.5, 0.6) is 0 Å². The molecule has 1 aliphatic rings. The van der Waals surface area contributed by atoms with Gasteiger partial charge in [0, 0.05) is 28.6 Å². The van der Waals surface area contributed by atoms with E-state index in [1.54, 1.807) is 12.1 Å². The summed E-state index contributed by atoms with van der Waals surface area (Å²) < 4.78 is 82.1. The van der Waals surface area contributed by atoms with Gasteiger partial charge in [-0.3, -0.25) is 4.21 Å². The molecule has 3 rings (SSSR count). The fourth-order valence-corrected chi connectivity index (χ4v) is 5.85. The van der Waals surface area contributed by atoms with Crippen LogP contribution < -0.4 is 0 Å². The Kier molecular flexibility index (Phi) is 5.81. The van der Waals surface area contributed by atoms with Gasteiger partial charge in [-0.2, -0.15) is 13.2 Å². The molecule has 1 aromatic heterocycles. The van der Waals surface area contributed by atoms with Crippen molar-refractivity contribution in [1.82, 2.24) is 4.98 Å². The summed E-state index contributed by atoms with van der Waals surface area (Å²) in [5, 5.41) is 0.321. The van der Waals surface area contributed by atoms with Crippen molar-refractivity contribution in [2.24, 2.45) is 0 Å². The van der Waals surface area contributed by atoms with Gasteiger partial charge in [0.1, 0.15) is 5.03 Å². The van der Waals surface area contributed by atoms with Crippen LogP contribution >= 0.6 is 0 Å². The van der Waals surface area contributed by atoms with Crippen molar-refractivity contribution in [3.05, 3.63) is 53.7 Å². The first-order valence-corrected chi connectivity index (χ1v) is 12.7. The number of pyridine rings is 1. The third kappa shape index (κ3) is 4.40. The van der Waals surface area contributed by atoms with Gasteiger partial charge in [0.15, 0.2) is 9.84 Å². The second kappa shape index (κ2) is 7.65. The molecule has 0 radical (unpaired) electrons. The number of ether oxygens (including phenoxy) is 1. The van der Waals surface area contributed by atoms with E-state index in [-0.39, 0.29) is 24.3 Å². The molecule has 164 valence electrons. The Hall–Kier alpha value is -1.91. The van der Waals surface area contributed by atoms with E-state index >= 15 is 0 Å². The number of hydrogen-bond acceptors (Lipinski definition) is 5. The molecular weight excluding hydrogens is 439 g/mol. The first-order chi connectivity index (χ1) is 13.7. The normalized spacial score (nSPS) is 24.9. The van der Waals surface area contributed by atoms with E-state index in [1.807, 2.05) is 0 Å². The highest BCUT2D eigenvalue weighted by Crippen LogP contribution is 2.42. The van der Waals surface area contributed by atoms with Crippen LogP contribution in [0.3, 0.4) is 0 Å². The monoisotopic (exact) mass is 461 g/mol.